The van der Waals surface area contributed by atoms with E-state index < -0.39 is 38.5 Å². The number of nitrogen functional groups attached to an aromatic ring is 1. The molecule has 0 aliphatic heterocycles. The maximum atomic E-state index is 12.8. The first-order valence-electron chi connectivity index (χ1n) is 3.50. The Bertz CT molecular complexity index is 489. The molecule has 0 atom stereocenters. The fourth-order valence-corrected chi connectivity index (χ4v) is 1.55. The first kappa shape index (κ1) is 11.7. The molecule has 4 N–H and O–H groups in total. The Morgan fingerprint density at radius 3 is 2.33 bits per heavy atom. The van der Waals surface area contributed by atoms with Crippen molar-refractivity contribution < 1.29 is 21.6 Å². The second kappa shape index (κ2) is 3.66. The van der Waals surface area contributed by atoms with Gasteiger partial charge in [0.05, 0.1) is 17.4 Å². The molecule has 1 heterocycles. The van der Waals surface area contributed by atoms with Crippen LogP contribution in [0.3, 0.4) is 0 Å². The summed E-state index contributed by atoms with van der Waals surface area (Å²) in [7, 11) is -4.29. The smallest absolute Gasteiger partial charge is 0.270 e. The van der Waals surface area contributed by atoms with Crippen LogP contribution in [0.25, 0.3) is 0 Å². The highest BCUT2D eigenvalue weighted by Gasteiger charge is 2.24. The Kier molecular flexibility index (Phi) is 2.86. The molecule has 9 heteroatoms. The topological polar surface area (TPSA) is 99.1 Å². The second-order valence-corrected chi connectivity index (χ2v) is 4.12. The number of anilines is 1. The van der Waals surface area contributed by atoms with E-state index in [1.807, 2.05) is 0 Å². The van der Waals surface area contributed by atoms with Crippen molar-refractivity contribution in [3.05, 3.63) is 17.7 Å². The highest BCUT2D eigenvalue weighted by molar-refractivity contribution is 7.89. The fourth-order valence-electron chi connectivity index (χ4n) is 0.933. The summed E-state index contributed by atoms with van der Waals surface area (Å²) in [6, 6.07) is 0. The third-order valence-corrected chi connectivity index (χ3v) is 2.54. The maximum absolute atomic E-state index is 12.8. The molecule has 0 saturated heterocycles. The van der Waals surface area contributed by atoms with Crippen molar-refractivity contribution in [1.29, 1.82) is 0 Å². The van der Waals surface area contributed by atoms with E-state index >= 15 is 0 Å². The number of halogens is 3. The second-order valence-electron chi connectivity index (χ2n) is 2.59. The molecule has 0 aliphatic rings. The molecule has 15 heavy (non-hydrogen) atoms. The van der Waals surface area contributed by atoms with Crippen LogP contribution in [0.1, 0.15) is 12.0 Å². The zero-order valence-electron chi connectivity index (χ0n) is 7.12. The lowest BCUT2D eigenvalue weighted by molar-refractivity contribution is 0.146. The molecule has 0 saturated carbocycles. The summed E-state index contributed by atoms with van der Waals surface area (Å²) in [6.45, 7) is 0. The van der Waals surface area contributed by atoms with Crippen molar-refractivity contribution in [3.8, 4) is 0 Å². The highest BCUT2D eigenvalue weighted by Crippen LogP contribution is 2.30. The Hall–Kier alpha value is -1.35. The van der Waals surface area contributed by atoms with Crippen LogP contribution in [-0.2, 0) is 10.0 Å². The molecule has 0 aliphatic carbocycles. The summed E-state index contributed by atoms with van der Waals surface area (Å²) in [6.07, 6.45) is -2.77. The van der Waals surface area contributed by atoms with Gasteiger partial charge in [-0.25, -0.2) is 27.3 Å². The van der Waals surface area contributed by atoms with Gasteiger partial charge in [-0.05, 0) is 0 Å². The first-order chi connectivity index (χ1) is 6.75. The van der Waals surface area contributed by atoms with Crippen molar-refractivity contribution >= 4 is 15.7 Å². The minimum absolute atomic E-state index is 0.492. The molecular formula is C6H6F3N3O2S. The summed E-state index contributed by atoms with van der Waals surface area (Å²) < 4.78 is 58.9. The van der Waals surface area contributed by atoms with Gasteiger partial charge in [-0.2, -0.15) is 4.39 Å². The number of rotatable bonds is 2. The normalized spacial score (nSPS) is 12.1. The molecule has 84 valence electrons. The van der Waals surface area contributed by atoms with Gasteiger partial charge in [-0.15, -0.1) is 0 Å². The van der Waals surface area contributed by atoms with Crippen LogP contribution >= 0.6 is 0 Å². The standard InChI is InChI=1S/C6H6F3N3O2S/c7-5(8)3-4(10)2(15(11,13)14)1-12-6(3)9/h1,5H,(H2,10,12)(H2,11,13,14). The Morgan fingerprint density at radius 1 is 1.40 bits per heavy atom. The summed E-state index contributed by atoms with van der Waals surface area (Å²) in [5.74, 6) is -1.52. The highest BCUT2D eigenvalue weighted by atomic mass is 32.2. The summed E-state index contributed by atoms with van der Waals surface area (Å²) in [5.41, 5.74) is 2.87. The number of nitrogens with two attached hydrogens (primary N) is 2. The molecule has 1 aromatic heterocycles. The van der Waals surface area contributed by atoms with Crippen LogP contribution < -0.4 is 10.9 Å². The number of hydrogen-bond acceptors (Lipinski definition) is 4. The summed E-state index contributed by atoms with van der Waals surface area (Å²) >= 11 is 0. The summed E-state index contributed by atoms with van der Waals surface area (Å²) in [5, 5.41) is 4.66. The van der Waals surface area contributed by atoms with E-state index in [0.29, 0.717) is 6.20 Å². The van der Waals surface area contributed by atoms with Crippen molar-refractivity contribution in [2.75, 3.05) is 5.73 Å². The lowest BCUT2D eigenvalue weighted by Gasteiger charge is -2.08. The predicted molar refractivity (Wildman–Crippen MR) is 44.9 cm³/mol. The van der Waals surface area contributed by atoms with Crippen LogP contribution in [0.4, 0.5) is 18.9 Å². The van der Waals surface area contributed by atoms with Gasteiger partial charge in [0.25, 0.3) is 6.43 Å². The van der Waals surface area contributed by atoms with Crippen molar-refractivity contribution in [3.63, 3.8) is 0 Å². The average molecular weight is 241 g/mol. The predicted octanol–water partition coefficient (Wildman–Crippen LogP) is 0.388. The van der Waals surface area contributed by atoms with Crippen molar-refractivity contribution in [2.24, 2.45) is 5.14 Å². The minimum Gasteiger partial charge on any atom is -0.397 e. The average Bonchev–Trinajstić information content (AvgIpc) is 2.00. The number of hydrogen-bond donors (Lipinski definition) is 2. The number of alkyl halides is 2. The zero-order valence-corrected chi connectivity index (χ0v) is 7.93. The Labute approximate surface area is 83.0 Å². The molecular weight excluding hydrogens is 235 g/mol. The largest absolute Gasteiger partial charge is 0.397 e. The third-order valence-electron chi connectivity index (χ3n) is 1.60. The van der Waals surface area contributed by atoms with Crippen molar-refractivity contribution in [2.45, 2.75) is 11.3 Å². The lowest BCUT2D eigenvalue weighted by atomic mass is 10.2. The quantitative estimate of drug-likeness (QED) is 0.731. The molecule has 1 aromatic rings. The van der Waals surface area contributed by atoms with E-state index in [2.05, 4.69) is 10.1 Å². The van der Waals surface area contributed by atoms with Gasteiger partial charge in [-0.1, -0.05) is 0 Å². The summed E-state index contributed by atoms with van der Waals surface area (Å²) in [4.78, 5) is 2.02. The fraction of sp³-hybridized carbons (Fsp3) is 0.167. The lowest BCUT2D eigenvalue weighted by Crippen LogP contribution is -2.17. The van der Waals surface area contributed by atoms with Gasteiger partial charge < -0.3 is 5.73 Å². The molecule has 0 spiro atoms. The van der Waals surface area contributed by atoms with Gasteiger partial charge in [0, 0.05) is 0 Å². The van der Waals surface area contributed by atoms with Crippen LogP contribution in [-0.4, -0.2) is 13.4 Å². The van der Waals surface area contributed by atoms with Gasteiger partial charge >= 0.3 is 0 Å². The molecule has 0 radical (unpaired) electrons. The van der Waals surface area contributed by atoms with Gasteiger partial charge in [-0.3, -0.25) is 0 Å². The molecule has 0 bridgehead atoms. The number of sulfonamides is 1. The van der Waals surface area contributed by atoms with Crippen LogP contribution in [0.15, 0.2) is 11.1 Å². The van der Waals surface area contributed by atoms with E-state index in [1.165, 1.54) is 0 Å². The first-order valence-corrected chi connectivity index (χ1v) is 5.04. The molecule has 0 unspecified atom stereocenters. The number of primary sulfonamides is 1. The number of nitrogens with zero attached hydrogens (tertiary/aromatic N) is 1. The van der Waals surface area contributed by atoms with E-state index in [-0.39, 0.29) is 0 Å². The van der Waals surface area contributed by atoms with E-state index in [1.54, 1.807) is 0 Å². The maximum Gasteiger partial charge on any atom is 0.270 e. The van der Waals surface area contributed by atoms with E-state index in [9.17, 15) is 21.6 Å². The van der Waals surface area contributed by atoms with E-state index in [4.69, 9.17) is 5.73 Å². The molecule has 0 aromatic carbocycles. The number of pyridine rings is 1. The zero-order chi connectivity index (χ0) is 11.8. The third kappa shape index (κ3) is 2.18. The number of aromatic nitrogens is 1. The SMILES string of the molecule is Nc1c(S(N)(=O)=O)cnc(F)c1C(F)F. The van der Waals surface area contributed by atoms with E-state index in [0.717, 1.165) is 0 Å². The monoisotopic (exact) mass is 241 g/mol. The Morgan fingerprint density at radius 2 is 1.93 bits per heavy atom. The van der Waals surface area contributed by atoms with Crippen LogP contribution in [0.2, 0.25) is 0 Å². The Balaban J connectivity index is 3.56. The van der Waals surface area contributed by atoms with Gasteiger partial charge in [0.2, 0.25) is 16.0 Å². The minimum atomic E-state index is -4.29. The van der Waals surface area contributed by atoms with Crippen LogP contribution in [0.5, 0.6) is 0 Å². The molecule has 5 nitrogen and oxygen atoms in total. The van der Waals surface area contributed by atoms with Crippen molar-refractivity contribution in [1.82, 2.24) is 4.98 Å². The molecule has 0 fully saturated rings. The molecule has 1 rings (SSSR count). The van der Waals surface area contributed by atoms with Crippen LogP contribution in [0, 0.1) is 5.95 Å². The van der Waals surface area contributed by atoms with Gasteiger partial charge in [0.15, 0.2) is 0 Å². The molecule has 0 amide bonds. The van der Waals surface area contributed by atoms with Gasteiger partial charge in [0.1, 0.15) is 4.90 Å².